The zero-order valence-electron chi connectivity index (χ0n) is 16.4. The number of carbonyl (C=O) groups is 1. The molecule has 1 aromatic carbocycles. The second-order valence-corrected chi connectivity index (χ2v) is 6.97. The van der Waals surface area contributed by atoms with Gasteiger partial charge in [0.25, 0.3) is 12.3 Å². The van der Waals surface area contributed by atoms with E-state index < -0.39 is 52.3 Å². The molecule has 1 unspecified atom stereocenters. The van der Waals surface area contributed by atoms with Gasteiger partial charge in [-0.3, -0.25) is 14.7 Å². The maximum absolute atomic E-state index is 15.1. The van der Waals surface area contributed by atoms with Crippen molar-refractivity contribution >= 4 is 11.9 Å². The zero-order chi connectivity index (χ0) is 23.2. The molecular weight excluding hydrogens is 433 g/mol. The Hall–Kier alpha value is -3.89. The van der Waals surface area contributed by atoms with Gasteiger partial charge in [-0.2, -0.15) is 4.39 Å². The van der Waals surface area contributed by atoms with Gasteiger partial charge in [-0.1, -0.05) is 0 Å². The van der Waals surface area contributed by atoms with Crippen LogP contribution in [-0.2, 0) is 10.3 Å². The van der Waals surface area contributed by atoms with Gasteiger partial charge in [0.05, 0.1) is 0 Å². The Balaban J connectivity index is 2.05. The first-order valence-electron chi connectivity index (χ1n) is 9.15. The topological polar surface area (TPSA) is 84.5 Å². The summed E-state index contributed by atoms with van der Waals surface area (Å²) in [7, 11) is 1.27. The van der Waals surface area contributed by atoms with Gasteiger partial charge in [0.1, 0.15) is 17.3 Å². The third-order valence-corrected chi connectivity index (χ3v) is 5.16. The quantitative estimate of drug-likeness (QED) is 0.490. The van der Waals surface area contributed by atoms with Crippen LogP contribution in [0.3, 0.4) is 0 Å². The van der Waals surface area contributed by atoms with Crippen LogP contribution in [0.25, 0.3) is 11.1 Å². The number of aliphatic imine (C=N–C) groups is 1. The van der Waals surface area contributed by atoms with Crippen LogP contribution in [0, 0.1) is 17.6 Å². The van der Waals surface area contributed by atoms with Crippen LogP contribution in [0.2, 0.25) is 0 Å². The lowest BCUT2D eigenvalue weighted by molar-refractivity contribution is -0.129. The molecule has 1 amide bonds. The number of halogens is 5. The van der Waals surface area contributed by atoms with Crippen LogP contribution in [-0.4, -0.2) is 33.8 Å². The largest absolute Gasteiger partial charge is 0.369 e. The summed E-state index contributed by atoms with van der Waals surface area (Å²) in [6.07, 6.45) is -0.828. The highest BCUT2D eigenvalue weighted by Gasteiger charge is 2.51. The van der Waals surface area contributed by atoms with Crippen LogP contribution >= 0.6 is 0 Å². The predicted molar refractivity (Wildman–Crippen MR) is 104 cm³/mol. The van der Waals surface area contributed by atoms with E-state index in [-0.39, 0.29) is 17.1 Å². The third kappa shape index (κ3) is 3.17. The van der Waals surface area contributed by atoms with Gasteiger partial charge >= 0.3 is 0 Å². The maximum Gasteiger partial charge on any atom is 0.280 e. The summed E-state index contributed by atoms with van der Waals surface area (Å²) in [6.45, 7) is 0. The van der Waals surface area contributed by atoms with Gasteiger partial charge < -0.3 is 5.73 Å². The number of benzene rings is 1. The minimum atomic E-state index is -2.99. The molecule has 1 atom stereocenters. The van der Waals surface area contributed by atoms with E-state index in [1.165, 1.54) is 25.2 Å². The van der Waals surface area contributed by atoms with E-state index in [0.717, 1.165) is 29.4 Å². The van der Waals surface area contributed by atoms with Crippen LogP contribution < -0.4 is 5.73 Å². The van der Waals surface area contributed by atoms with E-state index in [1.807, 2.05) is 0 Å². The summed E-state index contributed by atoms with van der Waals surface area (Å²) < 4.78 is 70.6. The molecule has 11 heteroatoms. The number of alkyl halides is 2. The molecule has 0 spiro atoms. The summed E-state index contributed by atoms with van der Waals surface area (Å²) in [6, 6.07) is 6.03. The number of amides is 1. The van der Waals surface area contributed by atoms with Gasteiger partial charge in [-0.25, -0.2) is 27.5 Å². The van der Waals surface area contributed by atoms with Crippen molar-refractivity contribution in [3.8, 4) is 11.1 Å². The van der Waals surface area contributed by atoms with Crippen LogP contribution in [0.1, 0.15) is 23.2 Å². The van der Waals surface area contributed by atoms with E-state index in [1.54, 1.807) is 0 Å². The normalized spacial score (nSPS) is 18.4. The number of nitrogens with two attached hydrogens (primary N) is 1. The molecule has 2 aromatic heterocycles. The number of rotatable bonds is 4. The highest BCUT2D eigenvalue weighted by Crippen LogP contribution is 2.43. The number of hydrogen-bond donors (Lipinski definition) is 1. The number of carbonyl (C=O) groups excluding carboxylic acids is 1. The molecule has 1 aliphatic rings. The first-order chi connectivity index (χ1) is 15.2. The summed E-state index contributed by atoms with van der Waals surface area (Å²) in [5.41, 5.74) is 1.51. The number of likely N-dealkylation sites (N-methyl/N-ethyl adjacent to an activating group) is 1. The fourth-order valence-electron chi connectivity index (χ4n) is 3.57. The van der Waals surface area contributed by atoms with Crippen molar-refractivity contribution < 1.29 is 26.7 Å². The lowest BCUT2D eigenvalue weighted by Crippen LogP contribution is -2.41. The lowest BCUT2D eigenvalue weighted by atomic mass is 9.81. The molecule has 0 fully saturated rings. The molecule has 0 saturated heterocycles. The number of nitrogens with zero attached hydrogens (tertiary/aromatic N) is 4. The van der Waals surface area contributed by atoms with Gasteiger partial charge in [-0.15, -0.1) is 0 Å². The fourth-order valence-corrected chi connectivity index (χ4v) is 3.57. The van der Waals surface area contributed by atoms with Crippen molar-refractivity contribution in [2.24, 2.45) is 10.7 Å². The Kier molecular flexibility index (Phi) is 5.11. The van der Waals surface area contributed by atoms with E-state index in [2.05, 4.69) is 15.0 Å². The lowest BCUT2D eigenvalue weighted by Gasteiger charge is -2.27. The number of aromatic nitrogens is 2. The first-order valence-corrected chi connectivity index (χ1v) is 9.15. The van der Waals surface area contributed by atoms with Gasteiger partial charge in [0, 0.05) is 42.2 Å². The molecule has 4 rings (SSSR count). The van der Waals surface area contributed by atoms with Gasteiger partial charge in [0.15, 0.2) is 11.5 Å². The molecule has 0 saturated carbocycles. The predicted octanol–water partition coefficient (Wildman–Crippen LogP) is 3.53. The Morgan fingerprint density at radius 3 is 2.38 bits per heavy atom. The van der Waals surface area contributed by atoms with Crippen LogP contribution in [0.4, 0.5) is 22.0 Å². The van der Waals surface area contributed by atoms with E-state index in [4.69, 9.17) is 5.73 Å². The Morgan fingerprint density at radius 2 is 1.75 bits per heavy atom. The Morgan fingerprint density at radius 1 is 1.00 bits per heavy atom. The van der Waals surface area contributed by atoms with E-state index in [0.29, 0.717) is 6.07 Å². The number of hydrogen-bond acceptors (Lipinski definition) is 5. The van der Waals surface area contributed by atoms with Crippen LogP contribution in [0.15, 0.2) is 53.8 Å². The molecule has 6 nitrogen and oxygen atoms in total. The summed E-state index contributed by atoms with van der Waals surface area (Å²) in [5, 5.41) is 0. The fraction of sp³-hybridized carbons (Fsp3) is 0.143. The molecule has 32 heavy (non-hydrogen) atoms. The maximum atomic E-state index is 15.1. The highest BCUT2D eigenvalue weighted by atomic mass is 19.3. The SMILES string of the molecule is CN1C(=O)C(c2ccnc(C(F)F)c2)(c2cc(-c3cccnc3F)c(F)cc2F)N=C1N. The standard InChI is InChI=1S/C21H14F5N5O/c1-31-19(32)21(30-20(31)27,10-4-6-28-16(7-10)17(24)25)13-8-12(14(22)9-15(13)23)11-3-2-5-29-18(11)26/h2-9,17H,1H3,(H2,27,30). The number of guanidine groups is 1. The Bertz CT molecular complexity index is 1270. The van der Waals surface area contributed by atoms with Crippen molar-refractivity contribution in [2.45, 2.75) is 12.0 Å². The molecule has 3 aromatic rings. The average Bonchev–Trinajstić information content (AvgIpc) is 2.99. The summed E-state index contributed by atoms with van der Waals surface area (Å²) in [4.78, 5) is 25.3. The van der Waals surface area contributed by atoms with Crippen molar-refractivity contribution in [1.82, 2.24) is 14.9 Å². The summed E-state index contributed by atoms with van der Waals surface area (Å²) >= 11 is 0. The molecule has 0 aliphatic carbocycles. The van der Waals surface area contributed by atoms with E-state index in [9.17, 15) is 22.4 Å². The number of pyridine rings is 2. The van der Waals surface area contributed by atoms with Gasteiger partial charge in [0.2, 0.25) is 5.95 Å². The molecule has 0 radical (unpaired) electrons. The Labute approximate surface area is 178 Å². The second-order valence-electron chi connectivity index (χ2n) is 6.97. The molecular formula is C21H14F5N5O. The average molecular weight is 447 g/mol. The zero-order valence-corrected chi connectivity index (χ0v) is 16.4. The van der Waals surface area contributed by atoms with Crippen molar-refractivity contribution in [2.75, 3.05) is 7.05 Å². The molecule has 1 aliphatic heterocycles. The second kappa shape index (κ2) is 7.66. The molecule has 3 heterocycles. The van der Waals surface area contributed by atoms with Crippen molar-refractivity contribution in [1.29, 1.82) is 0 Å². The first kappa shape index (κ1) is 21.3. The smallest absolute Gasteiger partial charge is 0.280 e. The van der Waals surface area contributed by atoms with E-state index >= 15 is 4.39 Å². The molecule has 164 valence electrons. The summed E-state index contributed by atoms with van der Waals surface area (Å²) in [5.74, 6) is -4.54. The van der Waals surface area contributed by atoms with Crippen molar-refractivity contribution in [3.63, 3.8) is 0 Å². The molecule has 0 bridgehead atoms. The van der Waals surface area contributed by atoms with Crippen LogP contribution in [0.5, 0.6) is 0 Å². The minimum Gasteiger partial charge on any atom is -0.369 e. The van der Waals surface area contributed by atoms with Crippen molar-refractivity contribution in [3.05, 3.63) is 83.2 Å². The third-order valence-electron chi connectivity index (χ3n) is 5.16. The van der Waals surface area contributed by atoms with Gasteiger partial charge in [-0.05, 0) is 35.9 Å². The highest BCUT2D eigenvalue weighted by molar-refractivity contribution is 6.09. The molecule has 2 N–H and O–H groups in total. The monoisotopic (exact) mass is 447 g/mol. The minimum absolute atomic E-state index is 0.164.